The molecule has 0 atom stereocenters. The van der Waals surface area contributed by atoms with Gasteiger partial charge in [0.2, 0.25) is 0 Å². The second-order valence-corrected chi connectivity index (χ2v) is 16.8. The molecule has 0 saturated heterocycles. The summed E-state index contributed by atoms with van der Waals surface area (Å²) in [5.74, 6) is 0. The molecule has 2 heterocycles. The van der Waals surface area contributed by atoms with Crippen LogP contribution in [0.5, 0.6) is 0 Å². The number of rotatable bonds is 7. The van der Waals surface area contributed by atoms with Crippen LogP contribution in [0.1, 0.15) is 22.3 Å². The molecule has 300 valence electrons. The van der Waals surface area contributed by atoms with E-state index in [0.717, 1.165) is 61.3 Å². The zero-order valence-electron chi connectivity index (χ0n) is 34.9. The van der Waals surface area contributed by atoms with E-state index in [1.807, 2.05) is 0 Å². The van der Waals surface area contributed by atoms with Crippen molar-refractivity contribution >= 4 is 60.8 Å². The first-order valence-electron chi connectivity index (χ1n) is 22.0. The summed E-state index contributed by atoms with van der Waals surface area (Å²) in [5, 5.41) is 4.59. The SMILES string of the molecule is c1ccc(-c2c3c(cc4c2c2cc(N(c5ccccc5)c5cccc6c5-c5ccccc5C6(c5ccccc5)c5ccccc5)ccc2n4-c2ccccc2)oc2ccccc23)cc1. The molecule has 0 amide bonds. The van der Waals surface area contributed by atoms with Gasteiger partial charge in [-0.25, -0.2) is 0 Å². The summed E-state index contributed by atoms with van der Waals surface area (Å²) in [4.78, 5) is 2.47. The quantitative estimate of drug-likeness (QED) is 0.160. The Labute approximate surface area is 371 Å². The number of aromatic nitrogens is 1. The molecule has 13 rings (SSSR count). The second-order valence-electron chi connectivity index (χ2n) is 16.8. The summed E-state index contributed by atoms with van der Waals surface area (Å²) >= 11 is 0. The summed E-state index contributed by atoms with van der Waals surface area (Å²) < 4.78 is 9.13. The van der Waals surface area contributed by atoms with Gasteiger partial charge in [0, 0.05) is 55.8 Å². The van der Waals surface area contributed by atoms with Crippen molar-refractivity contribution in [2.45, 2.75) is 5.41 Å². The molecule has 0 bridgehead atoms. The Morgan fingerprint density at radius 1 is 0.391 bits per heavy atom. The number of furan rings is 1. The van der Waals surface area contributed by atoms with E-state index >= 15 is 0 Å². The largest absolute Gasteiger partial charge is 0.456 e. The van der Waals surface area contributed by atoms with Crippen molar-refractivity contribution in [1.29, 1.82) is 0 Å². The second kappa shape index (κ2) is 14.3. The minimum atomic E-state index is -0.525. The molecule has 12 aromatic rings. The number of anilines is 3. The smallest absolute Gasteiger partial charge is 0.138 e. The number of fused-ring (bicyclic) bond motifs is 9. The molecule has 0 fully saturated rings. The predicted octanol–water partition coefficient (Wildman–Crippen LogP) is 16.2. The normalized spacial score (nSPS) is 12.8. The van der Waals surface area contributed by atoms with Gasteiger partial charge in [-0.3, -0.25) is 0 Å². The van der Waals surface area contributed by atoms with E-state index in [2.05, 4.69) is 252 Å². The maximum Gasteiger partial charge on any atom is 0.138 e. The Morgan fingerprint density at radius 2 is 1.00 bits per heavy atom. The van der Waals surface area contributed by atoms with Gasteiger partial charge in [0.05, 0.1) is 22.1 Å². The highest BCUT2D eigenvalue weighted by Crippen LogP contribution is 2.59. The van der Waals surface area contributed by atoms with E-state index in [9.17, 15) is 0 Å². The Bertz CT molecular complexity index is 3660. The number of hydrogen-bond donors (Lipinski definition) is 0. The molecule has 0 spiro atoms. The summed E-state index contributed by atoms with van der Waals surface area (Å²) in [6.07, 6.45) is 0. The molecule has 0 N–H and O–H groups in total. The van der Waals surface area contributed by atoms with Crippen LogP contribution in [-0.4, -0.2) is 4.57 Å². The van der Waals surface area contributed by atoms with Gasteiger partial charge in [-0.15, -0.1) is 0 Å². The van der Waals surface area contributed by atoms with Crippen molar-refractivity contribution < 1.29 is 4.42 Å². The van der Waals surface area contributed by atoms with E-state index in [1.54, 1.807) is 0 Å². The molecule has 1 aliphatic rings. The lowest BCUT2D eigenvalue weighted by Crippen LogP contribution is -2.28. The Hall–Kier alpha value is -8.40. The number of nitrogens with zero attached hydrogens (tertiary/aromatic N) is 2. The number of para-hydroxylation sites is 3. The number of hydrogen-bond acceptors (Lipinski definition) is 2. The van der Waals surface area contributed by atoms with Crippen LogP contribution in [0.3, 0.4) is 0 Å². The molecule has 2 aromatic heterocycles. The fourth-order valence-electron chi connectivity index (χ4n) is 10.9. The third-order valence-electron chi connectivity index (χ3n) is 13.4. The van der Waals surface area contributed by atoms with Crippen LogP contribution >= 0.6 is 0 Å². The van der Waals surface area contributed by atoms with Crippen molar-refractivity contribution in [1.82, 2.24) is 4.57 Å². The molecule has 0 radical (unpaired) electrons. The van der Waals surface area contributed by atoms with Crippen molar-refractivity contribution in [3.8, 4) is 27.9 Å². The van der Waals surface area contributed by atoms with Crippen LogP contribution in [-0.2, 0) is 5.41 Å². The van der Waals surface area contributed by atoms with Gasteiger partial charge >= 0.3 is 0 Å². The average molecular weight is 817 g/mol. The van der Waals surface area contributed by atoms with Crippen molar-refractivity contribution in [3.63, 3.8) is 0 Å². The van der Waals surface area contributed by atoms with E-state index in [-0.39, 0.29) is 0 Å². The molecule has 10 aromatic carbocycles. The molecule has 3 heteroatoms. The number of benzene rings is 10. The van der Waals surface area contributed by atoms with Crippen LogP contribution < -0.4 is 4.90 Å². The standard InChI is InChI=1S/C61H40N2O/c1-6-21-41(22-7-1)57-59-49-39-46(37-38-52(49)63(45-29-14-5-15-30-45)54(59)40-56-60(57)48-32-17-19-36-55(48)64-56)62(44-27-12-4-13-28-44)53-35-20-34-51-58(53)47-31-16-18-33-50(47)61(51,42-23-8-2-9-24-42)43-25-10-3-11-26-43/h1-40H. The maximum atomic E-state index is 6.72. The first-order chi connectivity index (χ1) is 31.8. The molecule has 64 heavy (non-hydrogen) atoms. The van der Waals surface area contributed by atoms with Gasteiger partial charge in [0.1, 0.15) is 11.2 Å². The molecular formula is C61H40N2O. The molecule has 0 aliphatic heterocycles. The highest BCUT2D eigenvalue weighted by molar-refractivity contribution is 6.27. The third kappa shape index (κ3) is 5.22. The lowest BCUT2D eigenvalue weighted by atomic mass is 9.68. The Morgan fingerprint density at radius 3 is 1.73 bits per heavy atom. The van der Waals surface area contributed by atoms with E-state index in [4.69, 9.17) is 4.42 Å². The van der Waals surface area contributed by atoms with Gasteiger partial charge in [-0.1, -0.05) is 182 Å². The highest BCUT2D eigenvalue weighted by atomic mass is 16.3. The highest BCUT2D eigenvalue weighted by Gasteiger charge is 2.47. The molecule has 0 saturated carbocycles. The summed E-state index contributed by atoms with van der Waals surface area (Å²) in [6, 6.07) is 88.2. The first kappa shape index (κ1) is 36.3. The van der Waals surface area contributed by atoms with Crippen LogP contribution in [0.15, 0.2) is 247 Å². The topological polar surface area (TPSA) is 21.3 Å². The van der Waals surface area contributed by atoms with Gasteiger partial charge in [0.15, 0.2) is 0 Å². The first-order valence-corrected chi connectivity index (χ1v) is 22.0. The third-order valence-corrected chi connectivity index (χ3v) is 13.4. The minimum absolute atomic E-state index is 0.525. The minimum Gasteiger partial charge on any atom is -0.456 e. The summed E-state index contributed by atoms with van der Waals surface area (Å²) in [5.41, 5.74) is 17.7. The van der Waals surface area contributed by atoms with Gasteiger partial charge in [0.25, 0.3) is 0 Å². The van der Waals surface area contributed by atoms with Gasteiger partial charge in [-0.05, 0) is 88.0 Å². The molecule has 3 nitrogen and oxygen atoms in total. The van der Waals surface area contributed by atoms with E-state index < -0.39 is 5.41 Å². The lowest BCUT2D eigenvalue weighted by molar-refractivity contribution is 0.669. The zero-order chi connectivity index (χ0) is 42.2. The van der Waals surface area contributed by atoms with Gasteiger partial charge in [-0.2, -0.15) is 0 Å². The summed E-state index contributed by atoms with van der Waals surface area (Å²) in [6.45, 7) is 0. The van der Waals surface area contributed by atoms with Crippen molar-refractivity contribution in [3.05, 3.63) is 265 Å². The van der Waals surface area contributed by atoms with Gasteiger partial charge < -0.3 is 13.9 Å². The fraction of sp³-hybridized carbons (Fsp3) is 0.0164. The summed E-state index contributed by atoms with van der Waals surface area (Å²) in [7, 11) is 0. The zero-order valence-corrected chi connectivity index (χ0v) is 34.9. The van der Waals surface area contributed by atoms with Crippen LogP contribution in [0, 0.1) is 0 Å². The lowest BCUT2D eigenvalue weighted by Gasteiger charge is -2.34. The molecule has 1 aliphatic carbocycles. The average Bonchev–Trinajstić information content (AvgIpc) is 4.01. The van der Waals surface area contributed by atoms with Crippen molar-refractivity contribution in [2.24, 2.45) is 0 Å². The molecule has 0 unspecified atom stereocenters. The Kier molecular flexibility index (Phi) is 8.13. The van der Waals surface area contributed by atoms with Crippen LogP contribution in [0.2, 0.25) is 0 Å². The van der Waals surface area contributed by atoms with E-state index in [1.165, 1.54) is 49.7 Å². The van der Waals surface area contributed by atoms with Crippen LogP contribution in [0.25, 0.3) is 71.7 Å². The predicted molar refractivity (Wildman–Crippen MR) is 265 cm³/mol. The van der Waals surface area contributed by atoms with E-state index in [0.29, 0.717) is 0 Å². The fourth-order valence-corrected chi connectivity index (χ4v) is 10.9. The monoisotopic (exact) mass is 816 g/mol. The van der Waals surface area contributed by atoms with Crippen molar-refractivity contribution in [2.75, 3.05) is 4.90 Å². The van der Waals surface area contributed by atoms with Crippen LogP contribution in [0.4, 0.5) is 17.1 Å². The molecular weight excluding hydrogens is 777 g/mol. The maximum absolute atomic E-state index is 6.72. The Balaban J connectivity index is 1.15.